The third-order valence-electron chi connectivity index (χ3n) is 1.66. The van der Waals surface area contributed by atoms with Gasteiger partial charge in [-0.15, -0.1) is 17.0 Å². The number of aryl methyl sites for hydroxylation is 2. The van der Waals surface area contributed by atoms with Crippen molar-refractivity contribution in [2.24, 2.45) is 7.05 Å². The van der Waals surface area contributed by atoms with Crippen molar-refractivity contribution in [3.63, 3.8) is 0 Å². The van der Waals surface area contributed by atoms with Crippen LogP contribution in [0.5, 0.6) is 0 Å². The second kappa shape index (κ2) is 5.19. The van der Waals surface area contributed by atoms with Gasteiger partial charge in [-0.1, -0.05) is 6.92 Å². The molecule has 0 bridgehead atoms. The van der Waals surface area contributed by atoms with Gasteiger partial charge in [0, 0.05) is 19.8 Å². The smallest absolute Gasteiger partial charge is 0.144 e. The zero-order valence-corrected chi connectivity index (χ0v) is 9.51. The highest BCUT2D eigenvalue weighted by molar-refractivity contribution is 8.93. The second-order valence-corrected chi connectivity index (χ2v) is 2.71. The Morgan fingerprint density at radius 2 is 2.25 bits per heavy atom. The van der Waals surface area contributed by atoms with E-state index in [0.29, 0.717) is 0 Å². The first-order valence-electron chi connectivity index (χ1n) is 3.98. The number of imidazole rings is 1. The largest absolute Gasteiger partial charge is 0.369 e. The SMILES string of the molecule is Br.CCCNc1cn(C)c(C)n1. The van der Waals surface area contributed by atoms with Gasteiger partial charge in [-0.05, 0) is 13.3 Å². The average Bonchev–Trinajstić information content (AvgIpc) is 2.28. The Hall–Kier alpha value is -0.510. The number of nitrogens with zero attached hydrogens (tertiary/aromatic N) is 2. The molecule has 0 unspecified atom stereocenters. The van der Waals surface area contributed by atoms with E-state index in [2.05, 4.69) is 17.2 Å². The Bertz CT molecular complexity index is 213. The highest BCUT2D eigenvalue weighted by Crippen LogP contribution is 2.04. The molecule has 0 spiro atoms. The molecule has 0 aliphatic rings. The molecule has 0 saturated heterocycles. The van der Waals surface area contributed by atoms with Crippen LogP contribution >= 0.6 is 17.0 Å². The van der Waals surface area contributed by atoms with Gasteiger partial charge in [0.15, 0.2) is 0 Å². The fraction of sp³-hybridized carbons (Fsp3) is 0.625. The lowest BCUT2D eigenvalue weighted by molar-refractivity contribution is 0.858. The zero-order valence-electron chi connectivity index (χ0n) is 7.79. The van der Waals surface area contributed by atoms with Crippen LogP contribution in [0.2, 0.25) is 0 Å². The molecule has 0 aromatic carbocycles. The predicted octanol–water partition coefficient (Wildman–Crippen LogP) is 2.13. The van der Waals surface area contributed by atoms with Crippen LogP contribution in [0, 0.1) is 6.92 Å². The maximum absolute atomic E-state index is 4.30. The summed E-state index contributed by atoms with van der Waals surface area (Å²) in [4.78, 5) is 4.30. The highest BCUT2D eigenvalue weighted by atomic mass is 79.9. The van der Waals surface area contributed by atoms with Crippen molar-refractivity contribution in [3.05, 3.63) is 12.0 Å². The van der Waals surface area contributed by atoms with Crippen molar-refractivity contribution < 1.29 is 0 Å². The number of hydrogen-bond donors (Lipinski definition) is 1. The first kappa shape index (κ1) is 11.5. The summed E-state index contributed by atoms with van der Waals surface area (Å²) in [5, 5.41) is 3.22. The molecule has 0 aliphatic carbocycles. The molecule has 1 aromatic rings. The lowest BCUT2D eigenvalue weighted by atomic mass is 10.5. The van der Waals surface area contributed by atoms with Gasteiger partial charge in [0.05, 0.1) is 0 Å². The van der Waals surface area contributed by atoms with E-state index in [-0.39, 0.29) is 17.0 Å². The standard InChI is InChI=1S/C8H15N3.BrH/c1-4-5-9-8-6-11(3)7(2)10-8;/h6,9H,4-5H2,1-3H3;1H. The lowest BCUT2D eigenvalue weighted by Gasteiger charge is -1.96. The number of aromatic nitrogens is 2. The first-order chi connectivity index (χ1) is 5.24. The van der Waals surface area contributed by atoms with E-state index in [1.165, 1.54) is 0 Å². The Morgan fingerprint density at radius 1 is 1.58 bits per heavy atom. The summed E-state index contributed by atoms with van der Waals surface area (Å²) in [5.74, 6) is 2.02. The summed E-state index contributed by atoms with van der Waals surface area (Å²) >= 11 is 0. The molecule has 1 aromatic heterocycles. The van der Waals surface area contributed by atoms with Crippen LogP contribution in [0.15, 0.2) is 6.20 Å². The number of hydrogen-bond acceptors (Lipinski definition) is 2. The fourth-order valence-corrected chi connectivity index (χ4v) is 0.897. The van der Waals surface area contributed by atoms with Crippen LogP contribution in [0.3, 0.4) is 0 Å². The average molecular weight is 234 g/mol. The Kier molecular flexibility index (Phi) is 4.97. The monoisotopic (exact) mass is 233 g/mol. The molecule has 70 valence electrons. The van der Waals surface area contributed by atoms with Crippen LogP contribution in [0.25, 0.3) is 0 Å². The molecule has 0 amide bonds. The zero-order chi connectivity index (χ0) is 8.27. The van der Waals surface area contributed by atoms with Crippen molar-refractivity contribution in [1.82, 2.24) is 9.55 Å². The van der Waals surface area contributed by atoms with Crippen molar-refractivity contribution in [2.45, 2.75) is 20.3 Å². The van der Waals surface area contributed by atoms with E-state index < -0.39 is 0 Å². The molecule has 0 saturated carbocycles. The van der Waals surface area contributed by atoms with Gasteiger partial charge in [0.25, 0.3) is 0 Å². The van der Waals surface area contributed by atoms with Crippen LogP contribution < -0.4 is 5.32 Å². The minimum Gasteiger partial charge on any atom is -0.369 e. The molecule has 0 atom stereocenters. The van der Waals surface area contributed by atoms with Gasteiger partial charge < -0.3 is 9.88 Å². The lowest BCUT2D eigenvalue weighted by Crippen LogP contribution is -1.99. The van der Waals surface area contributed by atoms with E-state index in [4.69, 9.17) is 0 Å². The second-order valence-electron chi connectivity index (χ2n) is 2.71. The molecule has 1 heterocycles. The molecule has 0 fully saturated rings. The van der Waals surface area contributed by atoms with Crippen LogP contribution in [0.1, 0.15) is 19.2 Å². The molecule has 3 nitrogen and oxygen atoms in total. The molecular formula is C8H16BrN3. The molecule has 4 heteroatoms. The van der Waals surface area contributed by atoms with Crippen molar-refractivity contribution in [3.8, 4) is 0 Å². The quantitative estimate of drug-likeness (QED) is 0.868. The van der Waals surface area contributed by atoms with Crippen LogP contribution in [-0.4, -0.2) is 16.1 Å². The van der Waals surface area contributed by atoms with E-state index in [1.807, 2.05) is 24.7 Å². The molecule has 0 aliphatic heterocycles. The summed E-state index contributed by atoms with van der Waals surface area (Å²) in [5.41, 5.74) is 0. The van der Waals surface area contributed by atoms with E-state index in [0.717, 1.165) is 24.6 Å². The van der Waals surface area contributed by atoms with Gasteiger partial charge in [-0.3, -0.25) is 0 Å². The van der Waals surface area contributed by atoms with E-state index in [1.54, 1.807) is 0 Å². The minimum atomic E-state index is 0. The third kappa shape index (κ3) is 2.85. The number of rotatable bonds is 3. The van der Waals surface area contributed by atoms with Crippen LogP contribution in [0.4, 0.5) is 5.82 Å². The minimum absolute atomic E-state index is 0. The molecular weight excluding hydrogens is 218 g/mol. The molecule has 0 radical (unpaired) electrons. The van der Waals surface area contributed by atoms with Gasteiger partial charge in [-0.25, -0.2) is 4.98 Å². The molecule has 1 rings (SSSR count). The number of anilines is 1. The molecule has 12 heavy (non-hydrogen) atoms. The first-order valence-corrected chi connectivity index (χ1v) is 3.98. The van der Waals surface area contributed by atoms with Crippen molar-refractivity contribution >= 4 is 22.8 Å². The highest BCUT2D eigenvalue weighted by Gasteiger charge is 1.97. The van der Waals surface area contributed by atoms with Crippen molar-refractivity contribution in [1.29, 1.82) is 0 Å². The molecule has 1 N–H and O–H groups in total. The van der Waals surface area contributed by atoms with Gasteiger partial charge >= 0.3 is 0 Å². The van der Waals surface area contributed by atoms with E-state index >= 15 is 0 Å². The van der Waals surface area contributed by atoms with E-state index in [9.17, 15) is 0 Å². The Morgan fingerprint density at radius 3 is 2.67 bits per heavy atom. The van der Waals surface area contributed by atoms with Crippen LogP contribution in [-0.2, 0) is 7.05 Å². The maximum Gasteiger partial charge on any atom is 0.144 e. The number of nitrogens with one attached hydrogen (secondary N) is 1. The normalized spacial score (nSPS) is 9.25. The topological polar surface area (TPSA) is 29.9 Å². The predicted molar refractivity (Wildman–Crippen MR) is 57.0 cm³/mol. The Balaban J connectivity index is 0.00000121. The summed E-state index contributed by atoms with van der Waals surface area (Å²) in [6, 6.07) is 0. The van der Waals surface area contributed by atoms with Gasteiger partial charge in [-0.2, -0.15) is 0 Å². The summed E-state index contributed by atoms with van der Waals surface area (Å²) < 4.78 is 2.01. The number of halogens is 1. The van der Waals surface area contributed by atoms with Gasteiger partial charge in [0.2, 0.25) is 0 Å². The summed E-state index contributed by atoms with van der Waals surface area (Å²) in [6.45, 7) is 5.14. The third-order valence-corrected chi connectivity index (χ3v) is 1.66. The maximum atomic E-state index is 4.30. The Labute approximate surface area is 84.0 Å². The summed E-state index contributed by atoms with van der Waals surface area (Å²) in [7, 11) is 2.00. The summed E-state index contributed by atoms with van der Waals surface area (Å²) in [6.07, 6.45) is 3.14. The fourth-order valence-electron chi connectivity index (χ4n) is 0.897. The van der Waals surface area contributed by atoms with Crippen molar-refractivity contribution in [2.75, 3.05) is 11.9 Å². The van der Waals surface area contributed by atoms with Gasteiger partial charge in [0.1, 0.15) is 11.6 Å².